The van der Waals surface area contributed by atoms with Crippen LogP contribution >= 0.6 is 0 Å². The highest BCUT2D eigenvalue weighted by molar-refractivity contribution is 5.94. The van der Waals surface area contributed by atoms with E-state index in [0.717, 1.165) is 16.3 Å². The highest BCUT2D eigenvalue weighted by Crippen LogP contribution is 2.35. The van der Waals surface area contributed by atoms with Crippen molar-refractivity contribution in [2.45, 2.75) is 20.1 Å². The second kappa shape index (κ2) is 4.02. The van der Waals surface area contributed by atoms with Crippen molar-refractivity contribution in [3.8, 4) is 11.5 Å². The number of hydrogen-bond donors (Lipinski definition) is 2. The molecule has 0 saturated carbocycles. The number of rotatable bonds is 2. The molecule has 0 heterocycles. The van der Waals surface area contributed by atoms with Gasteiger partial charge in [0, 0.05) is 10.8 Å². The normalized spacial score (nSPS) is 12.7. The number of phenolic OH excluding ortho intramolecular Hbond substituents is 1. The molecule has 0 fully saturated rings. The van der Waals surface area contributed by atoms with Gasteiger partial charge in [0.2, 0.25) is 0 Å². The summed E-state index contributed by atoms with van der Waals surface area (Å²) >= 11 is 0. The van der Waals surface area contributed by atoms with E-state index in [9.17, 15) is 10.2 Å². The van der Waals surface area contributed by atoms with E-state index in [-0.39, 0.29) is 5.75 Å². The van der Waals surface area contributed by atoms with Gasteiger partial charge in [-0.05, 0) is 25.5 Å². The third-order valence-corrected chi connectivity index (χ3v) is 2.45. The smallest absolute Gasteiger partial charge is 0.194 e. The molecular formula is C13H14O3. The molecule has 3 heteroatoms. The number of hydrogen-bond acceptors (Lipinski definition) is 3. The Labute approximate surface area is 93.9 Å². The van der Waals surface area contributed by atoms with Crippen LogP contribution < -0.4 is 4.74 Å². The van der Waals surface area contributed by atoms with E-state index in [4.69, 9.17) is 4.74 Å². The van der Waals surface area contributed by atoms with Gasteiger partial charge in [-0.1, -0.05) is 24.3 Å². The van der Waals surface area contributed by atoms with Crippen molar-refractivity contribution in [1.82, 2.24) is 0 Å². The Bertz CT molecular complexity index is 518. The first-order valence-electron chi connectivity index (χ1n) is 5.15. The summed E-state index contributed by atoms with van der Waals surface area (Å²) in [7, 11) is 0. The van der Waals surface area contributed by atoms with Crippen molar-refractivity contribution in [2.24, 2.45) is 0 Å². The number of aromatic hydroxyl groups is 1. The molecule has 0 unspecified atom stereocenters. The second-order valence-electron chi connectivity index (χ2n) is 3.80. The highest BCUT2D eigenvalue weighted by atomic mass is 16.6. The molecule has 0 aliphatic heterocycles. The summed E-state index contributed by atoms with van der Waals surface area (Å²) in [5.41, 5.74) is 0.803. The molecule has 2 rings (SSSR count). The predicted octanol–water partition coefficient (Wildman–Crippen LogP) is 2.57. The lowest BCUT2D eigenvalue weighted by Crippen LogP contribution is -2.10. The summed E-state index contributed by atoms with van der Waals surface area (Å²) in [4.78, 5) is 0. The number of aliphatic hydroxyl groups is 1. The first kappa shape index (κ1) is 10.8. The van der Waals surface area contributed by atoms with E-state index in [1.54, 1.807) is 13.0 Å². The van der Waals surface area contributed by atoms with Crippen molar-refractivity contribution in [3.63, 3.8) is 0 Å². The average molecular weight is 218 g/mol. The summed E-state index contributed by atoms with van der Waals surface area (Å²) in [6.07, 6.45) is -0.869. The summed E-state index contributed by atoms with van der Waals surface area (Å²) in [6, 6.07) is 9.04. The van der Waals surface area contributed by atoms with Gasteiger partial charge in [0.1, 0.15) is 11.5 Å². The summed E-state index contributed by atoms with van der Waals surface area (Å²) in [5.74, 6) is 0.842. The predicted molar refractivity (Wildman–Crippen MR) is 62.7 cm³/mol. The number of aryl methyl sites for hydroxylation is 1. The SMILES string of the molecule is Cc1cc(O)c2ccccc2c1O[C@@H](C)O. The lowest BCUT2D eigenvalue weighted by Gasteiger charge is -2.15. The van der Waals surface area contributed by atoms with Crippen LogP contribution in [-0.2, 0) is 0 Å². The fraction of sp³-hybridized carbons (Fsp3) is 0.231. The van der Waals surface area contributed by atoms with Crippen molar-refractivity contribution in [1.29, 1.82) is 0 Å². The van der Waals surface area contributed by atoms with Crippen LogP contribution in [-0.4, -0.2) is 16.5 Å². The van der Waals surface area contributed by atoms with Crippen LogP contribution in [0.5, 0.6) is 11.5 Å². The third kappa shape index (κ3) is 1.82. The first-order valence-corrected chi connectivity index (χ1v) is 5.15. The number of aliphatic hydroxyl groups excluding tert-OH is 1. The van der Waals surface area contributed by atoms with Crippen LogP contribution in [0.4, 0.5) is 0 Å². The maximum Gasteiger partial charge on any atom is 0.194 e. The van der Waals surface area contributed by atoms with Crippen LogP contribution in [0, 0.1) is 6.92 Å². The topological polar surface area (TPSA) is 49.7 Å². The number of phenols is 1. The van der Waals surface area contributed by atoms with Gasteiger partial charge in [0.05, 0.1) is 0 Å². The van der Waals surface area contributed by atoms with Gasteiger partial charge in [-0.3, -0.25) is 0 Å². The van der Waals surface area contributed by atoms with Gasteiger partial charge in [0.25, 0.3) is 0 Å². The fourth-order valence-electron chi connectivity index (χ4n) is 1.79. The minimum Gasteiger partial charge on any atom is -0.507 e. The van der Waals surface area contributed by atoms with Gasteiger partial charge < -0.3 is 14.9 Å². The van der Waals surface area contributed by atoms with E-state index < -0.39 is 6.29 Å². The zero-order valence-corrected chi connectivity index (χ0v) is 9.27. The Morgan fingerprint density at radius 1 is 1.19 bits per heavy atom. The quantitative estimate of drug-likeness (QED) is 0.762. The Hall–Kier alpha value is -1.74. The van der Waals surface area contributed by atoms with Crippen LogP contribution in [0.2, 0.25) is 0 Å². The first-order chi connectivity index (χ1) is 7.59. The third-order valence-electron chi connectivity index (χ3n) is 2.45. The van der Waals surface area contributed by atoms with Crippen LogP contribution in [0.25, 0.3) is 10.8 Å². The lowest BCUT2D eigenvalue weighted by molar-refractivity contribution is 0.000346. The second-order valence-corrected chi connectivity index (χ2v) is 3.80. The lowest BCUT2D eigenvalue weighted by atomic mass is 10.0. The monoisotopic (exact) mass is 218 g/mol. The Morgan fingerprint density at radius 3 is 2.44 bits per heavy atom. The molecule has 0 aliphatic carbocycles. The van der Waals surface area contributed by atoms with Crippen molar-refractivity contribution in [3.05, 3.63) is 35.9 Å². The summed E-state index contributed by atoms with van der Waals surface area (Å²) < 4.78 is 5.36. The van der Waals surface area contributed by atoms with Gasteiger partial charge in [-0.15, -0.1) is 0 Å². The zero-order valence-electron chi connectivity index (χ0n) is 9.27. The largest absolute Gasteiger partial charge is 0.507 e. The standard InChI is InChI=1S/C13H14O3/c1-8-7-12(15)10-5-3-4-6-11(10)13(8)16-9(2)14/h3-7,9,14-15H,1-2H3/t9-/m0/s1. The molecule has 0 aliphatic rings. The number of benzene rings is 2. The van der Waals surface area contributed by atoms with E-state index in [1.165, 1.54) is 0 Å². The molecule has 0 saturated heterocycles. The van der Waals surface area contributed by atoms with Crippen molar-refractivity contribution >= 4 is 10.8 Å². The van der Waals surface area contributed by atoms with E-state index in [1.807, 2.05) is 31.2 Å². The fourth-order valence-corrected chi connectivity index (χ4v) is 1.79. The van der Waals surface area contributed by atoms with Crippen LogP contribution in [0.15, 0.2) is 30.3 Å². The maximum atomic E-state index is 9.79. The van der Waals surface area contributed by atoms with Gasteiger partial charge >= 0.3 is 0 Å². The van der Waals surface area contributed by atoms with Crippen LogP contribution in [0.1, 0.15) is 12.5 Å². The minimum atomic E-state index is -0.869. The Morgan fingerprint density at radius 2 is 1.81 bits per heavy atom. The molecule has 0 amide bonds. The molecule has 2 aromatic rings. The average Bonchev–Trinajstić information content (AvgIpc) is 2.24. The number of ether oxygens (including phenoxy) is 1. The minimum absolute atomic E-state index is 0.228. The molecule has 3 nitrogen and oxygen atoms in total. The molecule has 0 spiro atoms. The Kier molecular flexibility index (Phi) is 2.71. The summed E-state index contributed by atoms with van der Waals surface area (Å²) in [5, 5.41) is 20.6. The molecular weight excluding hydrogens is 204 g/mol. The maximum absolute atomic E-state index is 9.79. The number of fused-ring (bicyclic) bond motifs is 1. The van der Waals surface area contributed by atoms with Gasteiger partial charge in [-0.2, -0.15) is 0 Å². The molecule has 1 atom stereocenters. The van der Waals surface area contributed by atoms with E-state index in [2.05, 4.69) is 0 Å². The molecule has 16 heavy (non-hydrogen) atoms. The zero-order chi connectivity index (χ0) is 11.7. The highest BCUT2D eigenvalue weighted by Gasteiger charge is 2.11. The van der Waals surface area contributed by atoms with Gasteiger partial charge in [-0.25, -0.2) is 0 Å². The van der Waals surface area contributed by atoms with Crippen LogP contribution in [0.3, 0.4) is 0 Å². The molecule has 2 N–H and O–H groups in total. The Balaban J connectivity index is 2.71. The summed E-state index contributed by atoms with van der Waals surface area (Å²) in [6.45, 7) is 3.39. The van der Waals surface area contributed by atoms with E-state index in [0.29, 0.717) is 5.75 Å². The molecule has 0 aromatic heterocycles. The molecule has 0 radical (unpaired) electrons. The molecule has 0 bridgehead atoms. The molecule has 2 aromatic carbocycles. The van der Waals surface area contributed by atoms with Crippen molar-refractivity contribution < 1.29 is 14.9 Å². The van der Waals surface area contributed by atoms with E-state index >= 15 is 0 Å². The van der Waals surface area contributed by atoms with Crippen molar-refractivity contribution in [2.75, 3.05) is 0 Å². The van der Waals surface area contributed by atoms with Gasteiger partial charge in [0.15, 0.2) is 6.29 Å². The molecule has 84 valence electrons.